The summed E-state index contributed by atoms with van der Waals surface area (Å²) < 4.78 is 4.40. The van der Waals surface area contributed by atoms with E-state index in [1.54, 1.807) is 0 Å². The second-order valence-corrected chi connectivity index (χ2v) is 12.1. The minimum Gasteiger partial charge on any atom is -0.658 e. The van der Waals surface area contributed by atoms with Crippen LogP contribution in [0.2, 0.25) is 0 Å². The van der Waals surface area contributed by atoms with Crippen LogP contribution in [0.4, 0.5) is 22.7 Å². The summed E-state index contributed by atoms with van der Waals surface area (Å²) in [6, 6.07) is 37.0. The summed E-state index contributed by atoms with van der Waals surface area (Å²) in [5.74, 6) is 1.84. The molecule has 4 aromatic carbocycles. The molecule has 43 heavy (non-hydrogen) atoms. The van der Waals surface area contributed by atoms with Crippen LogP contribution in [0, 0.1) is 0 Å². The van der Waals surface area contributed by atoms with Gasteiger partial charge in [0.25, 0.3) is 12.4 Å². The van der Waals surface area contributed by atoms with E-state index in [1.807, 2.05) is 60.7 Å². The normalized spacial score (nSPS) is 12.2. The van der Waals surface area contributed by atoms with Crippen LogP contribution in [0.1, 0.15) is 101 Å². The number of rotatable bonds is 8. The molecule has 0 bridgehead atoms. The van der Waals surface area contributed by atoms with E-state index in [1.165, 1.54) is 33.6 Å². The van der Waals surface area contributed by atoms with Gasteiger partial charge >= 0.3 is 28.4 Å². The van der Waals surface area contributed by atoms with Gasteiger partial charge in [0, 0.05) is 22.3 Å². The van der Waals surface area contributed by atoms with Gasteiger partial charge in [0.15, 0.2) is 0 Å². The van der Waals surface area contributed by atoms with Gasteiger partial charge in [0.05, 0.1) is 0 Å². The first-order valence-electron chi connectivity index (χ1n) is 15.3. The van der Waals surface area contributed by atoms with Crippen molar-refractivity contribution in [3.63, 3.8) is 0 Å². The minimum absolute atomic E-state index is 0. The van der Waals surface area contributed by atoms with Gasteiger partial charge in [0.2, 0.25) is 11.4 Å². The second-order valence-electron chi connectivity index (χ2n) is 12.1. The first kappa shape index (κ1) is 34.0. The number of para-hydroxylation sites is 4. The summed E-state index contributed by atoms with van der Waals surface area (Å²) in [5, 5.41) is 4.44. The molecule has 0 atom stereocenters. The van der Waals surface area contributed by atoms with Gasteiger partial charge in [-0.1, -0.05) is 162 Å². The number of hydrogen-bond acceptors (Lipinski definition) is 0. The third kappa shape index (κ3) is 8.56. The van der Waals surface area contributed by atoms with Crippen molar-refractivity contribution in [3.05, 3.63) is 137 Å². The van der Waals surface area contributed by atoms with Crippen LogP contribution < -0.4 is 0 Å². The molecule has 3 nitrogen and oxygen atoms in total. The fourth-order valence-corrected chi connectivity index (χ4v) is 5.30. The van der Waals surface area contributed by atoms with Crippen molar-refractivity contribution in [2.75, 3.05) is 0 Å². The topological polar surface area (TPSA) is 20.1 Å². The third-order valence-electron chi connectivity index (χ3n) is 7.52. The van der Waals surface area contributed by atoms with E-state index >= 15 is 0 Å². The summed E-state index contributed by atoms with van der Waals surface area (Å²) in [4.78, 5) is 0. The van der Waals surface area contributed by atoms with Gasteiger partial charge in [-0.3, -0.25) is 0 Å². The van der Waals surface area contributed by atoms with Crippen LogP contribution in [0.5, 0.6) is 0 Å². The standard InChI is InChI=1S/C27H36N2.C12H10N.Au/c1-18(2)22-11-9-12-23(19(3)4)26(22)28-15-16-29(17-28)27-24(20(5)6)13-10-14-25(27)21(7)8;1-3-7-11(8-4-1)13-12-9-5-2-6-10-12;/h9-16,18-21H,1-8H3;1-10H;/q+2;-1;+1. The molecule has 0 amide bonds. The largest absolute Gasteiger partial charge is 1.00 e. The van der Waals surface area contributed by atoms with Crippen molar-refractivity contribution in [2.45, 2.75) is 79.1 Å². The maximum atomic E-state index is 4.44. The molecule has 0 saturated carbocycles. The van der Waals surface area contributed by atoms with E-state index in [4.69, 9.17) is 0 Å². The average molecular weight is 754 g/mol. The predicted molar refractivity (Wildman–Crippen MR) is 179 cm³/mol. The molecule has 0 aliphatic carbocycles. The van der Waals surface area contributed by atoms with Crippen LogP contribution in [0.15, 0.2) is 109 Å². The zero-order valence-electron chi connectivity index (χ0n) is 26.8. The zero-order valence-corrected chi connectivity index (χ0v) is 29.0. The molecule has 4 heteroatoms. The second kappa shape index (κ2) is 15.8. The molecule has 0 saturated heterocycles. The molecule has 0 radical (unpaired) electrons. The Hall–Kier alpha value is -3.46. The van der Waals surface area contributed by atoms with Crippen LogP contribution in [-0.2, 0) is 22.4 Å². The third-order valence-corrected chi connectivity index (χ3v) is 7.52. The Balaban J connectivity index is 0.000000302. The Morgan fingerprint density at radius 3 is 1.02 bits per heavy atom. The van der Waals surface area contributed by atoms with Crippen molar-refractivity contribution >= 4 is 28.8 Å². The molecule has 5 rings (SSSR count). The van der Waals surface area contributed by atoms with E-state index < -0.39 is 0 Å². The van der Waals surface area contributed by atoms with Gasteiger partial charge in [-0.25, -0.2) is 0 Å². The van der Waals surface area contributed by atoms with E-state index in [0.717, 1.165) is 11.4 Å². The maximum Gasteiger partial charge on any atom is 1.00 e. The summed E-state index contributed by atoms with van der Waals surface area (Å²) in [6.07, 6.45) is 4.32. The zero-order chi connectivity index (χ0) is 30.2. The molecule has 1 aliphatic heterocycles. The van der Waals surface area contributed by atoms with Crippen molar-refractivity contribution < 1.29 is 31.5 Å². The van der Waals surface area contributed by atoms with E-state index in [9.17, 15) is 0 Å². The van der Waals surface area contributed by atoms with E-state index in [0.29, 0.717) is 23.7 Å². The van der Waals surface area contributed by atoms with Crippen LogP contribution in [-0.4, -0.2) is 15.2 Å². The Kier molecular flexibility index (Phi) is 12.5. The minimum atomic E-state index is 0. The monoisotopic (exact) mass is 753 g/mol. The summed E-state index contributed by atoms with van der Waals surface area (Å²) >= 11 is 0. The molecular formula is C39H46AuN3+2. The van der Waals surface area contributed by atoms with Gasteiger partial charge in [-0.15, -0.1) is 11.4 Å². The molecule has 1 heterocycles. The first-order chi connectivity index (χ1) is 20.2. The summed E-state index contributed by atoms with van der Waals surface area (Å²) in [7, 11) is 0. The van der Waals surface area contributed by atoms with Gasteiger partial charge in [-0.2, -0.15) is 0 Å². The van der Waals surface area contributed by atoms with Crippen molar-refractivity contribution in [1.82, 2.24) is 0 Å². The molecule has 0 fully saturated rings. The quantitative estimate of drug-likeness (QED) is 0.126. The molecule has 0 spiro atoms. The Bertz CT molecular complexity index is 1410. The van der Waals surface area contributed by atoms with Gasteiger partial charge in [-0.05, 0) is 23.7 Å². The molecule has 226 valence electrons. The Labute approximate surface area is 275 Å². The van der Waals surface area contributed by atoms with Crippen molar-refractivity contribution in [2.24, 2.45) is 0 Å². The molecule has 1 aliphatic rings. The smallest absolute Gasteiger partial charge is 0.658 e. The molecular weight excluding hydrogens is 707 g/mol. The Morgan fingerprint density at radius 2 is 0.744 bits per heavy atom. The van der Waals surface area contributed by atoms with Crippen molar-refractivity contribution in [3.8, 4) is 0 Å². The first-order valence-corrected chi connectivity index (χ1v) is 15.3. The molecule has 0 aromatic heterocycles. The fraction of sp³-hybridized carbons (Fsp3) is 0.308. The number of nitrogens with zero attached hydrogens (tertiary/aromatic N) is 3. The van der Waals surface area contributed by atoms with E-state index in [2.05, 4.69) is 125 Å². The van der Waals surface area contributed by atoms with Gasteiger partial charge < -0.3 is 5.32 Å². The Morgan fingerprint density at radius 1 is 0.442 bits per heavy atom. The number of benzene rings is 4. The van der Waals surface area contributed by atoms with Crippen LogP contribution >= 0.6 is 0 Å². The van der Waals surface area contributed by atoms with Gasteiger partial charge in [0.1, 0.15) is 0 Å². The summed E-state index contributed by atoms with van der Waals surface area (Å²) in [5.41, 5.74) is 10.0. The molecule has 4 aromatic rings. The van der Waals surface area contributed by atoms with Crippen LogP contribution in [0.25, 0.3) is 5.32 Å². The summed E-state index contributed by atoms with van der Waals surface area (Å²) in [6.45, 7) is 18.2. The van der Waals surface area contributed by atoms with Crippen LogP contribution in [0.3, 0.4) is 0 Å². The SMILES string of the molecule is CC(C)c1cccc(C(C)C)c1[N+]1=C=[N+](c2c(C(C)C)cccc2C(C)C)C=C1.[Au+].c1ccc([N-]c2ccccc2)cc1. The van der Waals surface area contributed by atoms with Crippen molar-refractivity contribution in [1.29, 1.82) is 0 Å². The van der Waals surface area contributed by atoms with E-state index in [-0.39, 0.29) is 22.4 Å². The number of hydrogen-bond donors (Lipinski definition) is 0. The fourth-order valence-electron chi connectivity index (χ4n) is 5.30. The molecule has 0 unspecified atom stereocenters. The average Bonchev–Trinajstić information content (AvgIpc) is 3.47. The molecule has 0 N–H and O–H groups in total. The predicted octanol–water partition coefficient (Wildman–Crippen LogP) is 11.8. The maximum absolute atomic E-state index is 4.44.